The number of rotatable bonds is 2. The van der Waals surface area contributed by atoms with E-state index in [-0.39, 0.29) is 16.5 Å². The molecule has 4 heteroatoms. The molecule has 5 rings (SSSR count). The molecule has 0 saturated carbocycles. The van der Waals surface area contributed by atoms with Crippen molar-refractivity contribution in [2.24, 2.45) is 0 Å². The Morgan fingerprint density at radius 3 is 1.45 bits per heavy atom. The van der Waals surface area contributed by atoms with Crippen LogP contribution in [-0.4, -0.2) is 9.49 Å². The lowest BCUT2D eigenvalue weighted by Gasteiger charge is -2.19. The van der Waals surface area contributed by atoms with Crippen molar-refractivity contribution < 1.29 is 4.92 Å². The van der Waals surface area contributed by atoms with Gasteiger partial charge in [-0.15, -0.1) is 0 Å². The first-order valence-corrected chi connectivity index (χ1v) is 12.9. The van der Waals surface area contributed by atoms with Gasteiger partial charge >= 0.3 is 0 Å². The highest BCUT2D eigenvalue weighted by molar-refractivity contribution is 6.09. The fourth-order valence-corrected chi connectivity index (χ4v) is 4.74. The Morgan fingerprint density at radius 1 is 0.632 bits per heavy atom. The Labute approximate surface area is 224 Å². The molecule has 4 nitrogen and oxygen atoms in total. The summed E-state index contributed by atoms with van der Waals surface area (Å²) in [5.41, 5.74) is 7.91. The zero-order chi connectivity index (χ0) is 27.2. The zero-order valence-corrected chi connectivity index (χ0v) is 22.8. The highest BCUT2D eigenvalue weighted by Gasteiger charge is 2.20. The maximum atomic E-state index is 10.9. The maximum absolute atomic E-state index is 10.9. The molecule has 0 aliphatic rings. The molecule has 4 aromatic carbocycles. The number of benzene rings is 4. The van der Waals surface area contributed by atoms with Crippen molar-refractivity contribution in [3.05, 3.63) is 117 Å². The lowest BCUT2D eigenvalue weighted by molar-refractivity contribution is -0.384. The largest absolute Gasteiger partial charge is 0.309 e. The average Bonchev–Trinajstić information content (AvgIpc) is 3.20. The van der Waals surface area contributed by atoms with Gasteiger partial charge in [-0.3, -0.25) is 10.1 Å². The molecule has 0 radical (unpaired) electrons. The molecule has 0 fully saturated rings. The Balaban J connectivity index is 1.59. The number of fused-ring (bicyclic) bond motifs is 3. The van der Waals surface area contributed by atoms with E-state index in [0.717, 1.165) is 16.8 Å². The third-order valence-electron chi connectivity index (χ3n) is 7.05. The molecule has 0 atom stereocenters. The van der Waals surface area contributed by atoms with Crippen molar-refractivity contribution in [2.75, 3.05) is 0 Å². The van der Waals surface area contributed by atoms with E-state index in [1.165, 1.54) is 45.1 Å². The van der Waals surface area contributed by atoms with Crippen LogP contribution in [0.2, 0.25) is 0 Å². The van der Waals surface area contributed by atoms with Crippen LogP contribution in [0.5, 0.6) is 0 Å². The second-order valence-corrected chi connectivity index (χ2v) is 11.9. The van der Waals surface area contributed by atoms with Crippen LogP contribution in [0.1, 0.15) is 63.8 Å². The van der Waals surface area contributed by atoms with E-state index in [9.17, 15) is 10.1 Å². The minimum Gasteiger partial charge on any atom is -0.309 e. The molecule has 0 N–H and O–H groups in total. The van der Waals surface area contributed by atoms with Crippen molar-refractivity contribution in [3.63, 3.8) is 0 Å². The van der Waals surface area contributed by atoms with Crippen molar-refractivity contribution in [2.45, 2.75) is 52.4 Å². The highest BCUT2D eigenvalue weighted by Crippen LogP contribution is 2.37. The Morgan fingerprint density at radius 2 is 1.05 bits per heavy atom. The van der Waals surface area contributed by atoms with Crippen molar-refractivity contribution in [3.8, 4) is 17.5 Å². The van der Waals surface area contributed by atoms with E-state index >= 15 is 0 Å². The lowest BCUT2D eigenvalue weighted by atomic mass is 9.85. The molecule has 0 unspecified atom stereocenters. The number of non-ortho nitro benzene ring substituents is 1. The summed E-state index contributed by atoms with van der Waals surface area (Å²) in [5.74, 6) is 6.28. The Hall–Kier alpha value is -4.36. The molecule has 1 heterocycles. The summed E-state index contributed by atoms with van der Waals surface area (Å²) >= 11 is 0. The second-order valence-electron chi connectivity index (χ2n) is 11.9. The number of nitrogens with zero attached hydrogens (tertiary/aromatic N) is 2. The monoisotopic (exact) mass is 500 g/mol. The molecule has 0 amide bonds. The number of hydrogen-bond acceptors (Lipinski definition) is 2. The van der Waals surface area contributed by atoms with E-state index < -0.39 is 4.92 Å². The quantitative estimate of drug-likeness (QED) is 0.138. The summed E-state index contributed by atoms with van der Waals surface area (Å²) in [5, 5.41) is 13.4. The average molecular weight is 501 g/mol. The van der Waals surface area contributed by atoms with E-state index in [4.69, 9.17) is 0 Å². The predicted octanol–water partition coefficient (Wildman–Crippen LogP) is 8.69. The summed E-state index contributed by atoms with van der Waals surface area (Å²) < 4.78 is 2.33. The van der Waals surface area contributed by atoms with Gasteiger partial charge in [-0.05, 0) is 82.6 Å². The van der Waals surface area contributed by atoms with Crippen molar-refractivity contribution in [1.82, 2.24) is 4.57 Å². The molecule has 0 bridgehead atoms. The van der Waals surface area contributed by atoms with Crippen molar-refractivity contribution in [1.29, 1.82) is 0 Å². The first-order chi connectivity index (χ1) is 17.9. The molecule has 1 aromatic heterocycles. The number of aromatic nitrogens is 1. The van der Waals surface area contributed by atoms with Gasteiger partial charge < -0.3 is 4.57 Å². The van der Waals surface area contributed by atoms with Gasteiger partial charge in [-0.2, -0.15) is 0 Å². The van der Waals surface area contributed by atoms with Gasteiger partial charge in [-0.1, -0.05) is 65.5 Å². The van der Waals surface area contributed by atoms with E-state index in [0.29, 0.717) is 0 Å². The first-order valence-electron chi connectivity index (χ1n) is 12.9. The fraction of sp³-hybridized carbons (Fsp3) is 0.235. The third kappa shape index (κ3) is 4.80. The molecule has 0 aliphatic carbocycles. The standard InChI is InChI=1S/C34H32N2O2/c1-33(2,3)25-13-19-31-29(21-25)30-22-26(34(4,5)6)14-20-32(30)35(31)27-15-9-23(10-16-27)7-8-24-11-17-28(18-12-24)36(37)38/h9-22H,1-6H3. The number of nitro groups is 1. The molecule has 5 aromatic rings. The SMILES string of the molecule is CC(C)(C)c1ccc2c(c1)c1cc(C(C)(C)C)ccc1n2-c1ccc(C#Cc2ccc([N+](=O)[O-])cc2)cc1. The van der Waals surface area contributed by atoms with Gasteiger partial charge in [0.1, 0.15) is 0 Å². The minimum atomic E-state index is -0.404. The predicted molar refractivity (Wildman–Crippen MR) is 157 cm³/mol. The minimum absolute atomic E-state index is 0.0637. The summed E-state index contributed by atoms with van der Waals surface area (Å²) in [7, 11) is 0. The van der Waals surface area contributed by atoms with Gasteiger partial charge in [0.05, 0.1) is 16.0 Å². The molecule has 38 heavy (non-hydrogen) atoms. The Kier molecular flexibility index (Phi) is 6.12. The molecular weight excluding hydrogens is 468 g/mol. The van der Waals surface area contributed by atoms with Crippen LogP contribution in [0.25, 0.3) is 27.5 Å². The number of nitro benzene ring substituents is 1. The number of hydrogen-bond donors (Lipinski definition) is 0. The topological polar surface area (TPSA) is 48.1 Å². The maximum Gasteiger partial charge on any atom is 0.269 e. The summed E-state index contributed by atoms with van der Waals surface area (Å²) in [6.07, 6.45) is 0. The summed E-state index contributed by atoms with van der Waals surface area (Å²) in [4.78, 5) is 10.5. The molecular formula is C34H32N2O2. The van der Waals surface area contributed by atoms with Crippen LogP contribution < -0.4 is 0 Å². The molecule has 0 saturated heterocycles. The summed E-state index contributed by atoms with van der Waals surface area (Å²) in [6.45, 7) is 13.5. The second kappa shape index (κ2) is 9.19. The van der Waals surface area contributed by atoms with Crippen LogP contribution in [0.15, 0.2) is 84.9 Å². The van der Waals surface area contributed by atoms with Gasteiger partial charge in [0.2, 0.25) is 0 Å². The van der Waals surface area contributed by atoms with Crippen molar-refractivity contribution >= 4 is 27.5 Å². The van der Waals surface area contributed by atoms with Crippen LogP contribution in [0.4, 0.5) is 5.69 Å². The Bertz CT molecular complexity index is 1660. The van der Waals surface area contributed by atoms with Crippen LogP contribution in [0, 0.1) is 22.0 Å². The zero-order valence-electron chi connectivity index (χ0n) is 22.8. The summed E-state index contributed by atoms with van der Waals surface area (Å²) in [6, 6.07) is 28.2. The molecule has 0 spiro atoms. The van der Waals surface area contributed by atoms with Crippen LogP contribution in [-0.2, 0) is 10.8 Å². The lowest BCUT2D eigenvalue weighted by Crippen LogP contribution is -2.10. The normalized spacial score (nSPS) is 11.9. The van der Waals surface area contributed by atoms with E-state index in [2.05, 4.69) is 106 Å². The van der Waals surface area contributed by atoms with Crippen LogP contribution >= 0.6 is 0 Å². The van der Waals surface area contributed by atoms with Gasteiger partial charge in [0.15, 0.2) is 0 Å². The third-order valence-corrected chi connectivity index (χ3v) is 7.05. The molecule has 190 valence electrons. The van der Waals surface area contributed by atoms with Crippen LogP contribution in [0.3, 0.4) is 0 Å². The first kappa shape index (κ1) is 25.3. The van der Waals surface area contributed by atoms with E-state index in [1.54, 1.807) is 12.1 Å². The smallest absolute Gasteiger partial charge is 0.269 e. The van der Waals surface area contributed by atoms with E-state index in [1.807, 2.05) is 12.1 Å². The van der Waals surface area contributed by atoms with Gasteiger partial charge in [-0.25, -0.2) is 0 Å². The van der Waals surface area contributed by atoms with Gasteiger partial charge in [0.25, 0.3) is 5.69 Å². The van der Waals surface area contributed by atoms with Gasteiger partial charge in [0, 0.05) is 39.7 Å². The highest BCUT2D eigenvalue weighted by atomic mass is 16.6. The fourth-order valence-electron chi connectivity index (χ4n) is 4.74. The molecule has 0 aliphatic heterocycles.